The Labute approximate surface area is 114 Å². The molecule has 2 N–H and O–H groups in total. The lowest BCUT2D eigenvalue weighted by atomic mass is 10.1. The third-order valence-corrected chi connectivity index (χ3v) is 3.13. The number of hydrogen-bond donors (Lipinski definition) is 2. The Morgan fingerprint density at radius 1 is 1.53 bits per heavy atom. The van der Waals surface area contributed by atoms with Crippen molar-refractivity contribution in [3.63, 3.8) is 0 Å². The van der Waals surface area contributed by atoms with Crippen LogP contribution in [-0.2, 0) is 0 Å². The quantitative estimate of drug-likeness (QED) is 0.898. The molecule has 0 fully saturated rings. The number of methoxy groups -OCH3 is 1. The van der Waals surface area contributed by atoms with Crippen molar-refractivity contribution >= 4 is 21.9 Å². The zero-order valence-electron chi connectivity index (χ0n) is 9.48. The highest BCUT2D eigenvalue weighted by Gasteiger charge is 2.22. The summed E-state index contributed by atoms with van der Waals surface area (Å²) in [6, 6.07) is 2.02. The van der Waals surface area contributed by atoms with Gasteiger partial charge in [-0.1, -0.05) is 5.16 Å². The number of phenolic OH excluding ortho intramolecular Hbond substituents is 1. The highest BCUT2D eigenvalue weighted by molar-refractivity contribution is 9.10. The number of rotatable bonds is 3. The molecular formula is C11H7BrFNO5. The molecule has 1 aromatic carbocycles. The number of benzene rings is 1. The first-order valence-electron chi connectivity index (χ1n) is 4.91. The van der Waals surface area contributed by atoms with Gasteiger partial charge in [0.2, 0.25) is 5.76 Å². The molecular weight excluding hydrogens is 325 g/mol. The molecule has 6 nitrogen and oxygen atoms in total. The van der Waals surface area contributed by atoms with Crippen LogP contribution in [0.3, 0.4) is 0 Å². The van der Waals surface area contributed by atoms with Crippen LogP contribution < -0.4 is 4.74 Å². The average molecular weight is 332 g/mol. The Hall–Kier alpha value is -2.09. The average Bonchev–Trinajstić information content (AvgIpc) is 2.83. The Morgan fingerprint density at radius 3 is 2.74 bits per heavy atom. The van der Waals surface area contributed by atoms with E-state index in [-0.39, 0.29) is 27.2 Å². The molecule has 2 aromatic rings. The van der Waals surface area contributed by atoms with Gasteiger partial charge in [0.25, 0.3) is 0 Å². The molecule has 8 heteroatoms. The SMILES string of the molecule is COc1cc(F)c(-c2cc(C(=O)O)on2)c(Br)c1O. The van der Waals surface area contributed by atoms with Gasteiger partial charge in [0.1, 0.15) is 11.5 Å². The molecule has 0 unspecified atom stereocenters. The molecule has 0 aliphatic heterocycles. The second kappa shape index (κ2) is 4.88. The van der Waals surface area contributed by atoms with Crippen molar-refractivity contribution in [3.05, 3.63) is 28.2 Å². The second-order valence-corrected chi connectivity index (χ2v) is 4.27. The van der Waals surface area contributed by atoms with Gasteiger partial charge in [0.15, 0.2) is 11.5 Å². The van der Waals surface area contributed by atoms with E-state index >= 15 is 0 Å². The number of ether oxygens (including phenoxy) is 1. The molecule has 0 spiro atoms. The van der Waals surface area contributed by atoms with Crippen LogP contribution in [-0.4, -0.2) is 28.4 Å². The van der Waals surface area contributed by atoms with Gasteiger partial charge in [0.05, 0.1) is 17.1 Å². The molecule has 19 heavy (non-hydrogen) atoms. The number of carboxylic acids is 1. The third kappa shape index (κ3) is 2.26. The van der Waals surface area contributed by atoms with Crippen molar-refractivity contribution in [2.75, 3.05) is 7.11 Å². The first-order valence-corrected chi connectivity index (χ1v) is 5.70. The number of hydrogen-bond acceptors (Lipinski definition) is 5. The molecule has 0 aliphatic carbocycles. The Balaban J connectivity index is 2.61. The molecule has 0 saturated heterocycles. The number of phenols is 1. The molecule has 0 bridgehead atoms. The van der Waals surface area contributed by atoms with E-state index in [9.17, 15) is 14.3 Å². The van der Waals surface area contributed by atoms with E-state index in [4.69, 9.17) is 9.84 Å². The molecule has 100 valence electrons. The number of aromatic nitrogens is 1. The standard InChI is InChI=1S/C11H7BrFNO5/c1-18-6-2-4(13)8(9(12)10(6)15)5-3-7(11(16)17)19-14-5/h2-3,15H,1H3,(H,16,17). The summed E-state index contributed by atoms with van der Waals surface area (Å²) < 4.78 is 23.2. The van der Waals surface area contributed by atoms with Gasteiger partial charge in [-0.15, -0.1) is 0 Å². The minimum absolute atomic E-state index is 0.00501. The molecule has 0 aliphatic rings. The van der Waals surface area contributed by atoms with Gasteiger partial charge in [-0.3, -0.25) is 0 Å². The molecule has 0 radical (unpaired) electrons. The third-order valence-electron chi connectivity index (χ3n) is 2.35. The van der Waals surface area contributed by atoms with E-state index in [1.165, 1.54) is 7.11 Å². The van der Waals surface area contributed by atoms with Crippen molar-refractivity contribution < 1.29 is 28.7 Å². The maximum absolute atomic E-state index is 13.9. The highest BCUT2D eigenvalue weighted by atomic mass is 79.9. The molecule has 1 heterocycles. The predicted molar refractivity (Wildman–Crippen MR) is 64.8 cm³/mol. The summed E-state index contributed by atoms with van der Waals surface area (Å²) in [6.07, 6.45) is 0. The summed E-state index contributed by atoms with van der Waals surface area (Å²) in [5.41, 5.74) is -0.172. The van der Waals surface area contributed by atoms with Crippen LogP contribution in [0.1, 0.15) is 10.6 Å². The minimum atomic E-state index is -1.33. The van der Waals surface area contributed by atoms with Crippen LogP contribution in [0.25, 0.3) is 11.3 Å². The maximum Gasteiger partial charge on any atom is 0.374 e. The summed E-state index contributed by atoms with van der Waals surface area (Å²) >= 11 is 3.01. The number of aromatic carboxylic acids is 1. The largest absolute Gasteiger partial charge is 0.503 e. The van der Waals surface area contributed by atoms with Crippen LogP contribution in [0, 0.1) is 5.82 Å². The van der Waals surface area contributed by atoms with Crippen molar-refractivity contribution in [1.82, 2.24) is 5.16 Å². The van der Waals surface area contributed by atoms with E-state index in [1.807, 2.05) is 0 Å². The Bertz CT molecular complexity index is 655. The lowest BCUT2D eigenvalue weighted by molar-refractivity contribution is 0.0652. The van der Waals surface area contributed by atoms with E-state index in [0.717, 1.165) is 12.1 Å². The van der Waals surface area contributed by atoms with Gasteiger partial charge in [-0.2, -0.15) is 0 Å². The second-order valence-electron chi connectivity index (χ2n) is 3.48. The normalized spacial score (nSPS) is 10.5. The van der Waals surface area contributed by atoms with Gasteiger partial charge < -0.3 is 19.5 Å². The van der Waals surface area contributed by atoms with Crippen molar-refractivity contribution in [3.8, 4) is 22.8 Å². The van der Waals surface area contributed by atoms with Crippen LogP contribution in [0.4, 0.5) is 4.39 Å². The fraction of sp³-hybridized carbons (Fsp3) is 0.0909. The van der Waals surface area contributed by atoms with E-state index in [1.54, 1.807) is 0 Å². The lowest BCUT2D eigenvalue weighted by Gasteiger charge is -2.09. The summed E-state index contributed by atoms with van der Waals surface area (Å²) in [5, 5.41) is 21.9. The summed E-state index contributed by atoms with van der Waals surface area (Å²) in [6.45, 7) is 0. The molecule has 0 amide bonds. The smallest absolute Gasteiger partial charge is 0.374 e. The lowest BCUT2D eigenvalue weighted by Crippen LogP contribution is -1.93. The fourth-order valence-electron chi connectivity index (χ4n) is 1.47. The highest BCUT2D eigenvalue weighted by Crippen LogP contribution is 2.42. The number of carbonyl (C=O) groups is 1. The van der Waals surface area contributed by atoms with Crippen LogP contribution >= 0.6 is 15.9 Å². The molecule has 0 saturated carbocycles. The van der Waals surface area contributed by atoms with Gasteiger partial charge in [-0.25, -0.2) is 9.18 Å². The number of carboxylic acid groups (broad SMARTS) is 1. The number of aromatic hydroxyl groups is 1. The van der Waals surface area contributed by atoms with Gasteiger partial charge >= 0.3 is 5.97 Å². The fourth-order valence-corrected chi connectivity index (χ4v) is 2.06. The molecule has 1 aromatic heterocycles. The topological polar surface area (TPSA) is 92.8 Å². The van der Waals surface area contributed by atoms with E-state index < -0.39 is 17.5 Å². The predicted octanol–water partition coefficient (Wildman–Crippen LogP) is 2.66. The Morgan fingerprint density at radius 2 is 2.21 bits per heavy atom. The van der Waals surface area contributed by atoms with Crippen LogP contribution in [0.15, 0.2) is 21.1 Å². The van der Waals surface area contributed by atoms with E-state index in [2.05, 4.69) is 25.6 Å². The van der Waals surface area contributed by atoms with E-state index in [0.29, 0.717) is 0 Å². The summed E-state index contributed by atoms with van der Waals surface area (Å²) in [7, 11) is 1.28. The number of nitrogens with zero attached hydrogens (tertiary/aromatic N) is 1. The number of halogens is 2. The first kappa shape index (κ1) is 13.3. The van der Waals surface area contributed by atoms with Crippen molar-refractivity contribution in [1.29, 1.82) is 0 Å². The van der Waals surface area contributed by atoms with Crippen molar-refractivity contribution in [2.45, 2.75) is 0 Å². The summed E-state index contributed by atoms with van der Waals surface area (Å²) in [4.78, 5) is 10.7. The van der Waals surface area contributed by atoms with Crippen LogP contribution in [0.5, 0.6) is 11.5 Å². The summed E-state index contributed by atoms with van der Waals surface area (Å²) in [5.74, 6) is -2.88. The first-order chi connectivity index (χ1) is 8.95. The zero-order valence-corrected chi connectivity index (χ0v) is 11.1. The molecule has 2 rings (SSSR count). The van der Waals surface area contributed by atoms with Crippen molar-refractivity contribution in [2.24, 2.45) is 0 Å². The van der Waals surface area contributed by atoms with Gasteiger partial charge in [0, 0.05) is 12.1 Å². The van der Waals surface area contributed by atoms with Crippen LogP contribution in [0.2, 0.25) is 0 Å². The van der Waals surface area contributed by atoms with Gasteiger partial charge in [-0.05, 0) is 15.9 Å². The Kier molecular flexibility index (Phi) is 3.43. The maximum atomic E-state index is 13.9. The zero-order chi connectivity index (χ0) is 14.2. The monoisotopic (exact) mass is 331 g/mol. The minimum Gasteiger partial charge on any atom is -0.503 e. The molecule has 0 atom stereocenters.